The van der Waals surface area contributed by atoms with Gasteiger partial charge in [-0.25, -0.2) is 0 Å². The third-order valence-corrected chi connectivity index (χ3v) is 3.05. The van der Waals surface area contributed by atoms with Gasteiger partial charge in [0.15, 0.2) is 0 Å². The molecular formula is C15H18N2O3. The number of amides is 1. The molecule has 5 heteroatoms. The first-order chi connectivity index (χ1) is 9.76. The van der Waals surface area contributed by atoms with Gasteiger partial charge in [-0.3, -0.25) is 4.79 Å². The maximum Gasteiger partial charge on any atom is 0.292 e. The lowest BCUT2D eigenvalue weighted by Gasteiger charge is -2.18. The topological polar surface area (TPSA) is 66.6 Å². The average molecular weight is 274 g/mol. The SMILES string of the molecule is CCN(CCCO)C(=O)c1cc(-c2ccccc2)no1. The molecule has 0 bridgehead atoms. The summed E-state index contributed by atoms with van der Waals surface area (Å²) in [6.45, 7) is 3.03. The Hall–Kier alpha value is -2.14. The van der Waals surface area contributed by atoms with Gasteiger partial charge in [0, 0.05) is 31.3 Å². The van der Waals surface area contributed by atoms with Crippen LogP contribution in [0.25, 0.3) is 11.3 Å². The van der Waals surface area contributed by atoms with Crippen LogP contribution in [0.4, 0.5) is 0 Å². The fourth-order valence-corrected chi connectivity index (χ4v) is 1.94. The summed E-state index contributed by atoms with van der Waals surface area (Å²) >= 11 is 0. The second-order valence-electron chi connectivity index (χ2n) is 4.40. The van der Waals surface area contributed by atoms with Gasteiger partial charge in [-0.1, -0.05) is 35.5 Å². The van der Waals surface area contributed by atoms with Crippen LogP contribution < -0.4 is 0 Å². The molecule has 0 spiro atoms. The summed E-state index contributed by atoms with van der Waals surface area (Å²) in [5.74, 6) is 0.0271. The highest BCUT2D eigenvalue weighted by atomic mass is 16.5. The van der Waals surface area contributed by atoms with E-state index in [0.717, 1.165) is 5.56 Å². The monoisotopic (exact) mass is 274 g/mol. The second-order valence-corrected chi connectivity index (χ2v) is 4.40. The summed E-state index contributed by atoms with van der Waals surface area (Å²) in [5, 5.41) is 12.8. The van der Waals surface area contributed by atoms with Crippen LogP contribution in [0.2, 0.25) is 0 Å². The summed E-state index contributed by atoms with van der Waals surface area (Å²) in [4.78, 5) is 13.9. The molecule has 106 valence electrons. The number of aliphatic hydroxyl groups is 1. The third kappa shape index (κ3) is 3.24. The molecule has 0 saturated carbocycles. The molecule has 0 aliphatic carbocycles. The number of carbonyl (C=O) groups is 1. The van der Waals surface area contributed by atoms with E-state index < -0.39 is 0 Å². The predicted molar refractivity (Wildman–Crippen MR) is 75.2 cm³/mol. The van der Waals surface area contributed by atoms with Crippen LogP contribution in [-0.2, 0) is 0 Å². The molecule has 1 heterocycles. The van der Waals surface area contributed by atoms with Crippen molar-refractivity contribution in [2.75, 3.05) is 19.7 Å². The normalized spacial score (nSPS) is 10.5. The maximum atomic E-state index is 12.2. The standard InChI is InChI=1S/C15H18N2O3/c1-2-17(9-6-10-18)15(19)14-11-13(16-20-14)12-7-4-3-5-8-12/h3-5,7-8,11,18H,2,6,9-10H2,1H3. The first-order valence-corrected chi connectivity index (χ1v) is 6.68. The second kappa shape index (κ2) is 6.86. The molecule has 0 saturated heterocycles. The quantitative estimate of drug-likeness (QED) is 0.876. The van der Waals surface area contributed by atoms with Crippen LogP contribution in [0.15, 0.2) is 40.9 Å². The van der Waals surface area contributed by atoms with Crippen LogP contribution in [-0.4, -0.2) is 40.8 Å². The number of hydrogen-bond donors (Lipinski definition) is 1. The van der Waals surface area contributed by atoms with Gasteiger partial charge in [-0.15, -0.1) is 0 Å². The van der Waals surface area contributed by atoms with Gasteiger partial charge < -0.3 is 14.5 Å². The zero-order valence-corrected chi connectivity index (χ0v) is 11.5. The van der Waals surface area contributed by atoms with Gasteiger partial charge in [-0.05, 0) is 13.3 Å². The van der Waals surface area contributed by atoms with Crippen molar-refractivity contribution in [1.82, 2.24) is 10.1 Å². The molecule has 0 fully saturated rings. The summed E-state index contributed by atoms with van der Waals surface area (Å²) in [7, 11) is 0. The lowest BCUT2D eigenvalue weighted by atomic mass is 10.1. The number of aromatic nitrogens is 1. The van der Waals surface area contributed by atoms with E-state index in [0.29, 0.717) is 25.2 Å². The Morgan fingerprint density at radius 3 is 2.75 bits per heavy atom. The first kappa shape index (κ1) is 14.3. The highest BCUT2D eigenvalue weighted by Crippen LogP contribution is 2.19. The minimum Gasteiger partial charge on any atom is -0.396 e. The van der Waals surface area contributed by atoms with Crippen LogP contribution in [0.3, 0.4) is 0 Å². The van der Waals surface area contributed by atoms with Crippen molar-refractivity contribution in [3.8, 4) is 11.3 Å². The molecular weight excluding hydrogens is 256 g/mol. The average Bonchev–Trinajstić information content (AvgIpc) is 2.98. The van der Waals surface area contributed by atoms with E-state index in [2.05, 4.69) is 5.16 Å². The number of rotatable bonds is 6. The Morgan fingerprint density at radius 2 is 2.10 bits per heavy atom. The van der Waals surface area contributed by atoms with E-state index in [4.69, 9.17) is 9.63 Å². The van der Waals surface area contributed by atoms with Crippen molar-refractivity contribution < 1.29 is 14.4 Å². The minimum atomic E-state index is -0.198. The smallest absolute Gasteiger partial charge is 0.292 e. The first-order valence-electron chi connectivity index (χ1n) is 6.68. The number of benzene rings is 1. The highest BCUT2D eigenvalue weighted by molar-refractivity contribution is 5.92. The van der Waals surface area contributed by atoms with E-state index in [-0.39, 0.29) is 18.3 Å². The van der Waals surface area contributed by atoms with Crippen molar-refractivity contribution >= 4 is 5.91 Å². The Labute approximate surface area is 117 Å². The molecule has 20 heavy (non-hydrogen) atoms. The van der Waals surface area contributed by atoms with E-state index in [1.807, 2.05) is 37.3 Å². The Kier molecular flexibility index (Phi) is 4.90. The van der Waals surface area contributed by atoms with Crippen LogP contribution in [0, 0.1) is 0 Å². The minimum absolute atomic E-state index is 0.0649. The third-order valence-electron chi connectivity index (χ3n) is 3.05. The molecule has 1 aromatic carbocycles. The van der Waals surface area contributed by atoms with Crippen molar-refractivity contribution in [2.24, 2.45) is 0 Å². The molecule has 2 aromatic rings. The lowest BCUT2D eigenvalue weighted by molar-refractivity contribution is 0.0712. The molecule has 1 N–H and O–H groups in total. The molecule has 2 rings (SSSR count). The largest absolute Gasteiger partial charge is 0.396 e. The highest BCUT2D eigenvalue weighted by Gasteiger charge is 2.19. The summed E-state index contributed by atoms with van der Waals surface area (Å²) in [5.41, 5.74) is 1.56. The lowest BCUT2D eigenvalue weighted by Crippen LogP contribution is -2.31. The molecule has 0 aliphatic rings. The van der Waals surface area contributed by atoms with Crippen LogP contribution in [0.5, 0.6) is 0 Å². The predicted octanol–water partition coefficient (Wildman–Crippen LogP) is 2.19. The number of nitrogens with zero attached hydrogens (tertiary/aromatic N) is 2. The van der Waals surface area contributed by atoms with Gasteiger partial charge in [0.1, 0.15) is 5.69 Å². The molecule has 0 radical (unpaired) electrons. The Bertz CT molecular complexity index is 551. The fraction of sp³-hybridized carbons (Fsp3) is 0.333. The summed E-state index contributed by atoms with van der Waals surface area (Å²) in [6.07, 6.45) is 0.555. The Morgan fingerprint density at radius 1 is 1.35 bits per heavy atom. The van der Waals surface area contributed by atoms with Crippen molar-refractivity contribution in [1.29, 1.82) is 0 Å². The van der Waals surface area contributed by atoms with Crippen molar-refractivity contribution in [3.05, 3.63) is 42.2 Å². The zero-order chi connectivity index (χ0) is 14.4. The van der Waals surface area contributed by atoms with Crippen LogP contribution >= 0.6 is 0 Å². The van der Waals surface area contributed by atoms with Crippen LogP contribution in [0.1, 0.15) is 23.9 Å². The fourth-order valence-electron chi connectivity index (χ4n) is 1.94. The number of hydrogen-bond acceptors (Lipinski definition) is 4. The van der Waals surface area contributed by atoms with Gasteiger partial charge in [0.25, 0.3) is 5.91 Å². The van der Waals surface area contributed by atoms with Gasteiger partial charge in [-0.2, -0.15) is 0 Å². The Balaban J connectivity index is 2.13. The summed E-state index contributed by atoms with van der Waals surface area (Å²) < 4.78 is 5.14. The molecule has 1 amide bonds. The maximum absolute atomic E-state index is 12.2. The molecule has 5 nitrogen and oxygen atoms in total. The molecule has 0 aliphatic heterocycles. The molecule has 1 aromatic heterocycles. The van der Waals surface area contributed by atoms with Gasteiger partial charge >= 0.3 is 0 Å². The zero-order valence-electron chi connectivity index (χ0n) is 11.5. The van der Waals surface area contributed by atoms with E-state index >= 15 is 0 Å². The summed E-state index contributed by atoms with van der Waals surface area (Å²) in [6, 6.07) is 11.2. The number of carbonyl (C=O) groups excluding carboxylic acids is 1. The van der Waals surface area contributed by atoms with Crippen molar-refractivity contribution in [3.63, 3.8) is 0 Å². The van der Waals surface area contributed by atoms with Gasteiger partial charge in [0.2, 0.25) is 5.76 Å². The van der Waals surface area contributed by atoms with Gasteiger partial charge in [0.05, 0.1) is 0 Å². The van der Waals surface area contributed by atoms with E-state index in [1.165, 1.54) is 0 Å². The van der Waals surface area contributed by atoms with E-state index in [1.54, 1.807) is 11.0 Å². The van der Waals surface area contributed by atoms with E-state index in [9.17, 15) is 4.79 Å². The molecule has 0 unspecified atom stereocenters. The number of aliphatic hydroxyl groups excluding tert-OH is 1. The molecule has 0 atom stereocenters. The van der Waals surface area contributed by atoms with Crippen molar-refractivity contribution in [2.45, 2.75) is 13.3 Å².